The van der Waals surface area contributed by atoms with Crippen LogP contribution < -0.4 is 0 Å². The predicted octanol–water partition coefficient (Wildman–Crippen LogP) is 1.81. The highest BCUT2D eigenvalue weighted by Gasteiger charge is 2.04. The van der Waals surface area contributed by atoms with Crippen molar-refractivity contribution in [1.29, 1.82) is 0 Å². The molecule has 0 amide bonds. The Morgan fingerprint density at radius 2 is 2.46 bits per heavy atom. The quantitative estimate of drug-likeness (QED) is 0.694. The molecule has 0 bridgehead atoms. The lowest BCUT2D eigenvalue weighted by Crippen LogP contribution is -2.01. The van der Waals surface area contributed by atoms with Crippen LogP contribution >= 0.6 is 11.3 Å². The van der Waals surface area contributed by atoms with E-state index in [4.69, 9.17) is 0 Å². The summed E-state index contributed by atoms with van der Waals surface area (Å²) in [6.45, 7) is 2.09. The minimum Gasteiger partial charge on any atom is -0.469 e. The van der Waals surface area contributed by atoms with Crippen LogP contribution in [0.1, 0.15) is 23.2 Å². The highest BCUT2D eigenvalue weighted by atomic mass is 32.1. The van der Waals surface area contributed by atoms with Crippen LogP contribution in [-0.4, -0.2) is 18.1 Å². The maximum Gasteiger partial charge on any atom is 0.305 e. The van der Waals surface area contributed by atoms with Gasteiger partial charge in [0.25, 0.3) is 0 Å². The summed E-state index contributed by atoms with van der Waals surface area (Å²) in [7, 11) is 1.40. The Labute approximate surface area is 81.8 Å². The van der Waals surface area contributed by atoms with Crippen molar-refractivity contribution in [1.82, 2.24) is 4.98 Å². The number of carbonyl (C=O) groups is 1. The van der Waals surface area contributed by atoms with Crippen molar-refractivity contribution in [3.05, 3.63) is 16.1 Å². The lowest BCUT2D eigenvalue weighted by molar-refractivity contribution is -0.140. The molecule has 0 spiro atoms. The number of thiazole rings is 1. The van der Waals surface area contributed by atoms with Gasteiger partial charge in [-0.15, -0.1) is 11.3 Å². The lowest BCUT2D eigenvalue weighted by Gasteiger charge is -1.95. The Balaban J connectivity index is 2.41. The summed E-state index contributed by atoms with van der Waals surface area (Å²) in [5, 5.41) is 1.02. The number of esters is 1. The summed E-state index contributed by atoms with van der Waals surface area (Å²) >= 11 is 1.67. The summed E-state index contributed by atoms with van der Waals surface area (Å²) in [4.78, 5) is 16.3. The Morgan fingerprint density at radius 1 is 1.69 bits per heavy atom. The van der Waals surface area contributed by atoms with E-state index in [1.807, 2.05) is 6.20 Å². The smallest absolute Gasteiger partial charge is 0.305 e. The largest absolute Gasteiger partial charge is 0.469 e. The average molecular weight is 199 g/mol. The van der Waals surface area contributed by atoms with Crippen LogP contribution in [-0.2, 0) is 22.4 Å². The van der Waals surface area contributed by atoms with Crippen molar-refractivity contribution in [2.24, 2.45) is 0 Å². The van der Waals surface area contributed by atoms with E-state index in [-0.39, 0.29) is 5.97 Å². The lowest BCUT2D eigenvalue weighted by atomic mass is 10.3. The molecule has 0 aromatic carbocycles. The molecule has 0 saturated carbocycles. The second kappa shape index (κ2) is 4.97. The van der Waals surface area contributed by atoms with Crippen molar-refractivity contribution < 1.29 is 9.53 Å². The molecule has 0 N–H and O–H groups in total. The molecule has 3 nitrogen and oxygen atoms in total. The van der Waals surface area contributed by atoms with Gasteiger partial charge in [0, 0.05) is 17.5 Å². The SMILES string of the molecule is CCc1cnc(CCC(=O)OC)s1. The van der Waals surface area contributed by atoms with Crippen LogP contribution in [0.15, 0.2) is 6.20 Å². The van der Waals surface area contributed by atoms with Gasteiger partial charge in [0.1, 0.15) is 0 Å². The van der Waals surface area contributed by atoms with Gasteiger partial charge in [-0.25, -0.2) is 4.98 Å². The van der Waals surface area contributed by atoms with Gasteiger partial charge in [0.15, 0.2) is 0 Å². The van der Waals surface area contributed by atoms with Gasteiger partial charge >= 0.3 is 5.97 Å². The number of hydrogen-bond donors (Lipinski definition) is 0. The zero-order chi connectivity index (χ0) is 9.68. The van der Waals surface area contributed by atoms with Gasteiger partial charge in [-0.2, -0.15) is 0 Å². The van der Waals surface area contributed by atoms with E-state index in [0.29, 0.717) is 12.8 Å². The van der Waals surface area contributed by atoms with Crippen LogP contribution in [0, 0.1) is 0 Å². The summed E-state index contributed by atoms with van der Waals surface area (Å²) in [5.74, 6) is -0.173. The first kappa shape index (κ1) is 10.2. The van der Waals surface area contributed by atoms with Crippen molar-refractivity contribution in [3.63, 3.8) is 0 Å². The Kier molecular flexibility index (Phi) is 3.89. The van der Waals surface area contributed by atoms with Gasteiger partial charge in [-0.1, -0.05) is 6.92 Å². The van der Waals surface area contributed by atoms with Crippen LogP contribution in [0.2, 0.25) is 0 Å². The van der Waals surface area contributed by atoms with Gasteiger partial charge < -0.3 is 4.74 Å². The minimum atomic E-state index is -0.173. The number of nitrogens with zero attached hydrogens (tertiary/aromatic N) is 1. The second-order valence-electron chi connectivity index (χ2n) is 2.65. The van der Waals surface area contributed by atoms with Crippen molar-refractivity contribution >= 4 is 17.3 Å². The molecule has 0 radical (unpaired) electrons. The molecule has 1 heterocycles. The molecule has 0 aliphatic heterocycles. The molecular formula is C9H13NO2S. The van der Waals surface area contributed by atoms with Crippen LogP contribution in [0.3, 0.4) is 0 Å². The Morgan fingerprint density at radius 3 is 3.00 bits per heavy atom. The number of rotatable bonds is 4. The third kappa shape index (κ3) is 3.14. The first-order chi connectivity index (χ1) is 6.26. The predicted molar refractivity (Wildman–Crippen MR) is 51.8 cm³/mol. The summed E-state index contributed by atoms with van der Waals surface area (Å²) in [6.07, 6.45) is 4.00. The molecule has 0 saturated heterocycles. The zero-order valence-electron chi connectivity index (χ0n) is 7.87. The van der Waals surface area contributed by atoms with Crippen molar-refractivity contribution in [3.8, 4) is 0 Å². The highest BCUT2D eigenvalue weighted by molar-refractivity contribution is 7.11. The van der Waals surface area contributed by atoms with Crippen LogP contribution in [0.5, 0.6) is 0 Å². The fourth-order valence-corrected chi connectivity index (χ4v) is 1.80. The maximum atomic E-state index is 10.8. The van der Waals surface area contributed by atoms with Crippen LogP contribution in [0.25, 0.3) is 0 Å². The van der Waals surface area contributed by atoms with E-state index < -0.39 is 0 Å². The summed E-state index contributed by atoms with van der Waals surface area (Å²) in [6, 6.07) is 0. The number of aromatic nitrogens is 1. The molecule has 72 valence electrons. The van der Waals surface area contributed by atoms with Gasteiger partial charge in [0.05, 0.1) is 18.5 Å². The minimum absolute atomic E-state index is 0.173. The Bertz CT molecular complexity index is 283. The number of methoxy groups -OCH3 is 1. The number of carbonyl (C=O) groups excluding carboxylic acids is 1. The van der Waals surface area contributed by atoms with Gasteiger partial charge in [-0.05, 0) is 6.42 Å². The van der Waals surface area contributed by atoms with Crippen LogP contribution in [0.4, 0.5) is 0 Å². The molecule has 0 unspecified atom stereocenters. The average Bonchev–Trinajstić information content (AvgIpc) is 2.61. The molecule has 0 fully saturated rings. The molecule has 0 aliphatic carbocycles. The monoisotopic (exact) mass is 199 g/mol. The molecule has 4 heteroatoms. The van der Waals surface area contributed by atoms with E-state index in [9.17, 15) is 4.79 Å². The first-order valence-electron chi connectivity index (χ1n) is 4.26. The summed E-state index contributed by atoms with van der Waals surface area (Å²) < 4.78 is 4.54. The molecule has 13 heavy (non-hydrogen) atoms. The number of aryl methyl sites for hydroxylation is 2. The van der Waals surface area contributed by atoms with Crippen molar-refractivity contribution in [2.75, 3.05) is 7.11 Å². The highest BCUT2D eigenvalue weighted by Crippen LogP contribution is 2.14. The van der Waals surface area contributed by atoms with E-state index in [1.165, 1.54) is 12.0 Å². The number of hydrogen-bond acceptors (Lipinski definition) is 4. The fourth-order valence-electron chi connectivity index (χ4n) is 0.938. The second-order valence-corrected chi connectivity index (χ2v) is 3.85. The summed E-state index contributed by atoms with van der Waals surface area (Å²) in [5.41, 5.74) is 0. The third-order valence-electron chi connectivity index (χ3n) is 1.72. The molecule has 1 aromatic heterocycles. The molecular weight excluding hydrogens is 186 g/mol. The van der Waals surface area contributed by atoms with Gasteiger partial charge in [0.2, 0.25) is 0 Å². The van der Waals surface area contributed by atoms with Gasteiger partial charge in [-0.3, -0.25) is 4.79 Å². The van der Waals surface area contributed by atoms with E-state index in [1.54, 1.807) is 11.3 Å². The zero-order valence-corrected chi connectivity index (χ0v) is 8.69. The maximum absolute atomic E-state index is 10.8. The van der Waals surface area contributed by atoms with E-state index in [0.717, 1.165) is 11.4 Å². The Hall–Kier alpha value is -0.900. The third-order valence-corrected chi connectivity index (χ3v) is 2.92. The molecule has 0 atom stereocenters. The van der Waals surface area contributed by atoms with E-state index in [2.05, 4.69) is 16.6 Å². The van der Waals surface area contributed by atoms with Crippen molar-refractivity contribution in [2.45, 2.75) is 26.2 Å². The molecule has 0 aliphatic rings. The standard InChI is InChI=1S/C9H13NO2S/c1-3-7-6-10-8(13-7)4-5-9(11)12-2/h6H,3-5H2,1-2H3. The number of ether oxygens (including phenoxy) is 1. The normalized spacial score (nSPS) is 10.0. The fraction of sp³-hybridized carbons (Fsp3) is 0.556. The molecule has 1 aromatic rings. The van der Waals surface area contributed by atoms with E-state index >= 15 is 0 Å². The molecule has 1 rings (SSSR count). The first-order valence-corrected chi connectivity index (χ1v) is 5.08. The topological polar surface area (TPSA) is 39.2 Å².